The lowest BCUT2D eigenvalue weighted by molar-refractivity contribution is -0.111. The molecule has 0 heterocycles. The van der Waals surface area contributed by atoms with Crippen molar-refractivity contribution in [3.05, 3.63) is 42.5 Å². The number of carbonyl (C=O) groups is 1. The van der Waals surface area contributed by atoms with Crippen LogP contribution in [0.15, 0.2) is 47.4 Å². The van der Waals surface area contributed by atoms with E-state index in [1.165, 1.54) is 0 Å². The van der Waals surface area contributed by atoms with Crippen molar-refractivity contribution < 1.29 is 13.2 Å². The van der Waals surface area contributed by atoms with Gasteiger partial charge in [0.15, 0.2) is 9.84 Å². The number of aldehydes is 1. The molecule has 4 atom stereocenters. The summed E-state index contributed by atoms with van der Waals surface area (Å²) in [5.74, 6) is 0.0867. The molecule has 2 saturated carbocycles. The highest BCUT2D eigenvalue weighted by molar-refractivity contribution is 7.92. The molecular weight excluding hydrogens is 260 g/mol. The van der Waals surface area contributed by atoms with Crippen LogP contribution in [-0.2, 0) is 14.6 Å². The highest BCUT2D eigenvalue weighted by Gasteiger charge is 2.53. The zero-order valence-electron chi connectivity index (χ0n) is 10.5. The van der Waals surface area contributed by atoms with Gasteiger partial charge in [-0.15, -0.1) is 0 Å². The van der Waals surface area contributed by atoms with E-state index in [4.69, 9.17) is 0 Å². The number of hydrogen-bond donors (Lipinski definition) is 0. The van der Waals surface area contributed by atoms with E-state index in [0.29, 0.717) is 11.3 Å². The minimum absolute atomic E-state index is 0.0280. The molecule has 0 saturated heterocycles. The second kappa shape index (κ2) is 4.30. The fourth-order valence-corrected chi connectivity index (χ4v) is 5.79. The second-order valence-corrected chi connectivity index (χ2v) is 7.56. The number of carbonyl (C=O) groups excluding carboxylic acids is 1. The van der Waals surface area contributed by atoms with Crippen LogP contribution in [0.5, 0.6) is 0 Å². The third-order valence-corrected chi connectivity index (χ3v) is 6.78. The van der Waals surface area contributed by atoms with Gasteiger partial charge in [-0.05, 0) is 36.8 Å². The van der Waals surface area contributed by atoms with E-state index in [-0.39, 0.29) is 17.8 Å². The Morgan fingerprint density at radius 3 is 2.42 bits per heavy atom. The Kier molecular flexibility index (Phi) is 2.86. The second-order valence-electron chi connectivity index (χ2n) is 5.49. The largest absolute Gasteiger partial charge is 0.303 e. The Morgan fingerprint density at radius 2 is 1.84 bits per heavy atom. The van der Waals surface area contributed by atoms with Crippen LogP contribution in [-0.4, -0.2) is 20.0 Å². The Hall–Kier alpha value is -1.42. The van der Waals surface area contributed by atoms with Gasteiger partial charge in [-0.2, -0.15) is 0 Å². The molecule has 0 spiro atoms. The third kappa shape index (κ3) is 1.77. The zero-order chi connectivity index (χ0) is 13.6. The maximum Gasteiger partial charge on any atom is 0.185 e. The summed E-state index contributed by atoms with van der Waals surface area (Å²) in [7, 11) is -3.37. The first-order valence-electron chi connectivity index (χ1n) is 6.48. The molecule has 2 aliphatic rings. The first-order chi connectivity index (χ1) is 9.05. The van der Waals surface area contributed by atoms with Gasteiger partial charge < -0.3 is 4.79 Å². The molecule has 3 rings (SSSR count). The lowest BCUT2D eigenvalue weighted by atomic mass is 9.86. The molecule has 19 heavy (non-hydrogen) atoms. The minimum atomic E-state index is -3.37. The number of sulfone groups is 1. The summed E-state index contributed by atoms with van der Waals surface area (Å²) >= 11 is 0. The molecule has 100 valence electrons. The summed E-state index contributed by atoms with van der Waals surface area (Å²) in [6, 6.07) is 8.53. The van der Waals surface area contributed by atoms with Gasteiger partial charge in [0, 0.05) is 5.92 Å². The predicted molar refractivity (Wildman–Crippen MR) is 72.3 cm³/mol. The predicted octanol–water partition coefficient (Wildman–Crippen LogP) is 2.24. The SMILES string of the molecule is C=C1C(S(=O)(=O)c2ccccc2)[C@@H]2C[C@@H](C=O)[C@H]1C2. The summed E-state index contributed by atoms with van der Waals surface area (Å²) in [5.41, 5.74) is 0.734. The standard InChI is InChI=1S/C15H16O3S/c1-10-14-8-11(7-12(14)9-16)15(10)19(17,18)13-5-3-2-4-6-13/h2-6,9,11-12,14-15H,1,7-8H2/t11-,12+,14+,15?/m1/s1. The molecular formula is C15H16O3S. The average Bonchev–Trinajstić information content (AvgIpc) is 2.96. The summed E-state index contributed by atoms with van der Waals surface area (Å²) in [5, 5.41) is -0.504. The Labute approximate surface area is 113 Å². The smallest absolute Gasteiger partial charge is 0.185 e. The van der Waals surface area contributed by atoms with Crippen molar-refractivity contribution in [3.63, 3.8) is 0 Å². The summed E-state index contributed by atoms with van der Waals surface area (Å²) < 4.78 is 25.4. The topological polar surface area (TPSA) is 51.2 Å². The molecule has 1 unspecified atom stereocenters. The van der Waals surface area contributed by atoms with E-state index in [9.17, 15) is 13.2 Å². The zero-order valence-corrected chi connectivity index (χ0v) is 11.3. The molecule has 2 fully saturated rings. The fourth-order valence-electron chi connectivity index (χ4n) is 3.66. The van der Waals surface area contributed by atoms with E-state index >= 15 is 0 Å². The van der Waals surface area contributed by atoms with E-state index in [0.717, 1.165) is 18.3 Å². The monoisotopic (exact) mass is 276 g/mol. The van der Waals surface area contributed by atoms with Crippen LogP contribution in [0.25, 0.3) is 0 Å². The van der Waals surface area contributed by atoms with Gasteiger partial charge in [0.2, 0.25) is 0 Å². The normalized spacial score (nSPS) is 33.6. The number of hydrogen-bond acceptors (Lipinski definition) is 3. The van der Waals surface area contributed by atoms with Crippen LogP contribution >= 0.6 is 0 Å². The minimum Gasteiger partial charge on any atom is -0.303 e. The van der Waals surface area contributed by atoms with Gasteiger partial charge in [0.05, 0.1) is 10.1 Å². The maximum absolute atomic E-state index is 12.7. The van der Waals surface area contributed by atoms with Gasteiger partial charge in [0.1, 0.15) is 6.29 Å². The van der Waals surface area contributed by atoms with Crippen molar-refractivity contribution >= 4 is 16.1 Å². The number of rotatable bonds is 3. The molecule has 0 aliphatic heterocycles. The number of fused-ring (bicyclic) bond motifs is 2. The van der Waals surface area contributed by atoms with E-state index in [1.54, 1.807) is 30.3 Å². The highest BCUT2D eigenvalue weighted by Crippen LogP contribution is 2.53. The van der Waals surface area contributed by atoms with Crippen LogP contribution in [0.2, 0.25) is 0 Å². The average molecular weight is 276 g/mol. The van der Waals surface area contributed by atoms with Crippen LogP contribution in [0, 0.1) is 17.8 Å². The fraction of sp³-hybridized carbons (Fsp3) is 0.400. The molecule has 2 bridgehead atoms. The van der Waals surface area contributed by atoms with Gasteiger partial charge >= 0.3 is 0 Å². The van der Waals surface area contributed by atoms with Crippen LogP contribution in [0.3, 0.4) is 0 Å². The number of benzene rings is 1. The van der Waals surface area contributed by atoms with Crippen molar-refractivity contribution in [2.75, 3.05) is 0 Å². The quantitative estimate of drug-likeness (QED) is 0.628. The summed E-state index contributed by atoms with van der Waals surface area (Å²) in [6.07, 6.45) is 2.43. The van der Waals surface area contributed by atoms with Crippen LogP contribution in [0.1, 0.15) is 12.8 Å². The van der Waals surface area contributed by atoms with Crippen LogP contribution in [0.4, 0.5) is 0 Å². The van der Waals surface area contributed by atoms with Crippen LogP contribution < -0.4 is 0 Å². The molecule has 3 nitrogen and oxygen atoms in total. The Balaban J connectivity index is 1.97. The lowest BCUT2D eigenvalue weighted by Crippen LogP contribution is -2.32. The molecule has 0 radical (unpaired) electrons. The van der Waals surface area contributed by atoms with Gasteiger partial charge in [0.25, 0.3) is 0 Å². The molecule has 2 aliphatic carbocycles. The Morgan fingerprint density at radius 1 is 1.16 bits per heavy atom. The molecule has 0 N–H and O–H groups in total. The van der Waals surface area contributed by atoms with E-state index < -0.39 is 15.1 Å². The Bertz CT molecular complexity index is 616. The first-order valence-corrected chi connectivity index (χ1v) is 8.03. The molecule has 1 aromatic rings. The van der Waals surface area contributed by atoms with Gasteiger partial charge in [-0.1, -0.05) is 30.4 Å². The molecule has 4 heteroatoms. The third-order valence-electron chi connectivity index (χ3n) is 4.50. The van der Waals surface area contributed by atoms with E-state index in [1.807, 2.05) is 0 Å². The maximum atomic E-state index is 12.7. The summed E-state index contributed by atoms with van der Waals surface area (Å²) in [6.45, 7) is 3.97. The van der Waals surface area contributed by atoms with Crippen molar-refractivity contribution in [2.45, 2.75) is 23.0 Å². The van der Waals surface area contributed by atoms with Gasteiger partial charge in [-0.3, -0.25) is 0 Å². The first kappa shape index (κ1) is 12.6. The molecule has 0 aromatic heterocycles. The van der Waals surface area contributed by atoms with Crippen molar-refractivity contribution in [3.8, 4) is 0 Å². The van der Waals surface area contributed by atoms with Gasteiger partial charge in [-0.25, -0.2) is 8.42 Å². The van der Waals surface area contributed by atoms with Crippen molar-refractivity contribution in [1.82, 2.24) is 0 Å². The highest BCUT2D eigenvalue weighted by atomic mass is 32.2. The van der Waals surface area contributed by atoms with E-state index in [2.05, 4.69) is 6.58 Å². The van der Waals surface area contributed by atoms with Crippen molar-refractivity contribution in [2.24, 2.45) is 17.8 Å². The lowest BCUT2D eigenvalue weighted by Gasteiger charge is -2.27. The molecule has 1 aromatic carbocycles. The molecule has 0 amide bonds. The summed E-state index contributed by atoms with van der Waals surface area (Å²) in [4.78, 5) is 11.3. The van der Waals surface area contributed by atoms with Crippen molar-refractivity contribution in [1.29, 1.82) is 0 Å².